The minimum Gasteiger partial charge on any atom is -0.341 e. The molecule has 0 bridgehead atoms. The third-order valence-electron chi connectivity index (χ3n) is 4.33. The van der Waals surface area contributed by atoms with Gasteiger partial charge >= 0.3 is 0 Å². The Labute approximate surface area is 117 Å². The molecule has 0 amide bonds. The summed E-state index contributed by atoms with van der Waals surface area (Å²) in [5.74, 6) is 2.22. The first-order valence-electron chi connectivity index (χ1n) is 7.45. The van der Waals surface area contributed by atoms with Gasteiger partial charge in [-0.2, -0.15) is 0 Å². The van der Waals surface area contributed by atoms with Crippen molar-refractivity contribution in [2.24, 2.45) is 11.3 Å². The van der Waals surface area contributed by atoms with E-state index >= 15 is 0 Å². The third-order valence-corrected chi connectivity index (χ3v) is 4.33. The lowest BCUT2D eigenvalue weighted by Crippen LogP contribution is -2.38. The van der Waals surface area contributed by atoms with E-state index in [2.05, 4.69) is 49.5 Å². The van der Waals surface area contributed by atoms with Gasteiger partial charge in [-0.1, -0.05) is 34.6 Å². The quantitative estimate of drug-likeness (QED) is 0.809. The lowest BCUT2D eigenvalue weighted by molar-refractivity contribution is 0.198. The zero-order valence-corrected chi connectivity index (χ0v) is 13.0. The fraction of sp³-hybridized carbons (Fsp3) is 0.750. The molecule has 0 aliphatic carbocycles. The summed E-state index contributed by atoms with van der Waals surface area (Å²) in [5, 5.41) is 0. The van der Waals surface area contributed by atoms with Gasteiger partial charge in [0.1, 0.15) is 0 Å². The number of hydrogen-bond acceptors (Lipinski definition) is 3. The molecule has 2 heterocycles. The Morgan fingerprint density at radius 2 is 1.63 bits per heavy atom. The van der Waals surface area contributed by atoms with Crippen LogP contribution < -0.4 is 4.90 Å². The molecule has 3 heteroatoms. The summed E-state index contributed by atoms with van der Waals surface area (Å²) in [6, 6.07) is 0. The van der Waals surface area contributed by atoms with E-state index in [1.54, 1.807) is 0 Å². The molecule has 0 N–H and O–H groups in total. The van der Waals surface area contributed by atoms with Crippen molar-refractivity contribution in [2.45, 2.75) is 53.4 Å². The topological polar surface area (TPSA) is 29.0 Å². The first-order chi connectivity index (χ1) is 8.88. The Hall–Kier alpha value is -1.12. The number of piperidine rings is 1. The van der Waals surface area contributed by atoms with Gasteiger partial charge in [0.15, 0.2) is 0 Å². The Morgan fingerprint density at radius 3 is 2.05 bits per heavy atom. The smallest absolute Gasteiger partial charge is 0.225 e. The van der Waals surface area contributed by atoms with Crippen LogP contribution in [0.25, 0.3) is 0 Å². The minimum atomic E-state index is 0.425. The molecule has 0 saturated carbocycles. The van der Waals surface area contributed by atoms with E-state index in [1.165, 1.54) is 18.4 Å². The maximum atomic E-state index is 4.53. The molecule has 0 atom stereocenters. The van der Waals surface area contributed by atoms with Crippen LogP contribution in [-0.4, -0.2) is 23.1 Å². The summed E-state index contributed by atoms with van der Waals surface area (Å²) >= 11 is 0. The molecule has 1 aliphatic rings. The second kappa shape index (κ2) is 5.48. The second-order valence-electron chi connectivity index (χ2n) is 7.10. The van der Waals surface area contributed by atoms with Crippen LogP contribution in [0.2, 0.25) is 0 Å². The number of hydrogen-bond donors (Lipinski definition) is 0. The zero-order valence-electron chi connectivity index (χ0n) is 13.0. The van der Waals surface area contributed by atoms with Crippen LogP contribution in [0.1, 0.15) is 58.9 Å². The molecular weight excluding hydrogens is 234 g/mol. The van der Waals surface area contributed by atoms with E-state index in [-0.39, 0.29) is 0 Å². The van der Waals surface area contributed by atoms with Crippen LogP contribution in [0.4, 0.5) is 5.95 Å². The third kappa shape index (κ3) is 3.46. The van der Waals surface area contributed by atoms with Crippen LogP contribution >= 0.6 is 0 Å². The van der Waals surface area contributed by atoms with Crippen molar-refractivity contribution in [2.75, 3.05) is 18.0 Å². The molecule has 3 nitrogen and oxygen atoms in total. The molecule has 19 heavy (non-hydrogen) atoms. The first kappa shape index (κ1) is 14.3. The maximum absolute atomic E-state index is 4.53. The van der Waals surface area contributed by atoms with Gasteiger partial charge in [0.2, 0.25) is 5.95 Å². The molecule has 0 aromatic carbocycles. The number of aromatic nitrogens is 2. The summed E-state index contributed by atoms with van der Waals surface area (Å²) in [6.45, 7) is 13.6. The molecule has 2 rings (SSSR count). The van der Waals surface area contributed by atoms with Gasteiger partial charge in [-0.05, 0) is 35.7 Å². The highest BCUT2D eigenvalue weighted by atomic mass is 15.2. The molecule has 1 fully saturated rings. The normalized spacial score (nSPS) is 18.1. The summed E-state index contributed by atoms with van der Waals surface area (Å²) in [7, 11) is 0. The van der Waals surface area contributed by atoms with Crippen molar-refractivity contribution in [1.29, 1.82) is 0 Å². The van der Waals surface area contributed by atoms with Crippen LogP contribution in [0.5, 0.6) is 0 Å². The van der Waals surface area contributed by atoms with E-state index in [1.807, 2.05) is 12.4 Å². The van der Waals surface area contributed by atoms with Gasteiger partial charge in [-0.15, -0.1) is 0 Å². The summed E-state index contributed by atoms with van der Waals surface area (Å²) in [4.78, 5) is 11.4. The standard InChI is InChI=1S/C16H27N3/c1-12(2)13-10-17-15(18-11-13)19-8-6-14(7-9-19)16(3,4)5/h10-12,14H,6-9H2,1-5H3. The van der Waals surface area contributed by atoms with Crippen LogP contribution in [0, 0.1) is 11.3 Å². The summed E-state index contributed by atoms with van der Waals surface area (Å²) in [6.07, 6.45) is 6.45. The van der Waals surface area contributed by atoms with Crippen LogP contribution in [-0.2, 0) is 0 Å². The van der Waals surface area contributed by atoms with Gasteiger partial charge in [-0.25, -0.2) is 9.97 Å². The van der Waals surface area contributed by atoms with Crippen molar-refractivity contribution in [3.63, 3.8) is 0 Å². The Morgan fingerprint density at radius 1 is 1.11 bits per heavy atom. The summed E-state index contributed by atoms with van der Waals surface area (Å²) in [5.41, 5.74) is 1.64. The molecule has 1 aromatic heterocycles. The lowest BCUT2D eigenvalue weighted by Gasteiger charge is -2.38. The van der Waals surface area contributed by atoms with Gasteiger partial charge in [0, 0.05) is 25.5 Å². The van der Waals surface area contributed by atoms with E-state index in [9.17, 15) is 0 Å². The molecular formula is C16H27N3. The van der Waals surface area contributed by atoms with Gasteiger partial charge < -0.3 is 4.90 Å². The van der Waals surface area contributed by atoms with Crippen molar-refractivity contribution in [1.82, 2.24) is 9.97 Å². The molecule has 1 aromatic rings. The SMILES string of the molecule is CC(C)c1cnc(N2CCC(C(C)(C)C)CC2)nc1. The number of nitrogens with zero attached hydrogens (tertiary/aromatic N) is 3. The Kier molecular flexibility index (Phi) is 4.12. The highest BCUT2D eigenvalue weighted by molar-refractivity contribution is 5.31. The minimum absolute atomic E-state index is 0.425. The molecule has 1 saturated heterocycles. The summed E-state index contributed by atoms with van der Waals surface area (Å²) < 4.78 is 0. The average molecular weight is 261 g/mol. The largest absolute Gasteiger partial charge is 0.341 e. The number of anilines is 1. The Bertz CT molecular complexity index is 395. The van der Waals surface area contributed by atoms with E-state index < -0.39 is 0 Å². The average Bonchev–Trinajstić information content (AvgIpc) is 2.38. The maximum Gasteiger partial charge on any atom is 0.225 e. The highest BCUT2D eigenvalue weighted by Crippen LogP contribution is 2.34. The van der Waals surface area contributed by atoms with Crippen LogP contribution in [0.3, 0.4) is 0 Å². The van der Waals surface area contributed by atoms with Crippen LogP contribution in [0.15, 0.2) is 12.4 Å². The van der Waals surface area contributed by atoms with Crippen molar-refractivity contribution in [3.05, 3.63) is 18.0 Å². The van der Waals surface area contributed by atoms with E-state index in [0.717, 1.165) is 25.0 Å². The van der Waals surface area contributed by atoms with Crippen molar-refractivity contribution >= 4 is 5.95 Å². The zero-order chi connectivity index (χ0) is 14.0. The Balaban J connectivity index is 1.98. The second-order valence-corrected chi connectivity index (χ2v) is 7.10. The molecule has 1 aliphatic heterocycles. The fourth-order valence-corrected chi connectivity index (χ4v) is 2.74. The van der Waals surface area contributed by atoms with E-state index in [0.29, 0.717) is 11.3 Å². The van der Waals surface area contributed by atoms with Gasteiger partial charge in [0.05, 0.1) is 0 Å². The molecule has 0 unspecified atom stereocenters. The molecule has 0 spiro atoms. The predicted octanol–water partition coefficient (Wildman–Crippen LogP) is 3.86. The van der Waals surface area contributed by atoms with Gasteiger partial charge in [-0.3, -0.25) is 0 Å². The van der Waals surface area contributed by atoms with Crippen molar-refractivity contribution < 1.29 is 0 Å². The monoisotopic (exact) mass is 261 g/mol. The molecule has 0 radical (unpaired) electrons. The fourth-order valence-electron chi connectivity index (χ4n) is 2.74. The predicted molar refractivity (Wildman–Crippen MR) is 80.5 cm³/mol. The van der Waals surface area contributed by atoms with Crippen molar-refractivity contribution in [3.8, 4) is 0 Å². The number of rotatable bonds is 2. The molecule has 106 valence electrons. The highest BCUT2D eigenvalue weighted by Gasteiger charge is 2.29. The first-order valence-corrected chi connectivity index (χ1v) is 7.45. The van der Waals surface area contributed by atoms with E-state index in [4.69, 9.17) is 0 Å². The van der Waals surface area contributed by atoms with Gasteiger partial charge in [0.25, 0.3) is 0 Å². The lowest BCUT2D eigenvalue weighted by atomic mass is 9.75.